The van der Waals surface area contributed by atoms with E-state index in [1.807, 2.05) is 0 Å². The molecule has 0 aromatic carbocycles. The molecule has 0 heterocycles. The summed E-state index contributed by atoms with van der Waals surface area (Å²) in [4.78, 5) is 11.6. The maximum absolute atomic E-state index is 11.6. The normalized spacial score (nSPS) is 27.2. The summed E-state index contributed by atoms with van der Waals surface area (Å²) in [5.74, 6) is 0.309. The van der Waals surface area contributed by atoms with Crippen LogP contribution in [0.2, 0.25) is 0 Å². The Kier molecular flexibility index (Phi) is 11.0. The molecule has 0 bridgehead atoms. The molecule has 1 unspecified atom stereocenters. The first-order chi connectivity index (χ1) is 9.04. The van der Waals surface area contributed by atoms with Crippen molar-refractivity contribution >= 4 is 5.97 Å². The van der Waals surface area contributed by atoms with E-state index in [1.165, 1.54) is 7.11 Å². The van der Waals surface area contributed by atoms with E-state index >= 15 is 0 Å². The number of esters is 1. The number of ether oxygens (including phenoxy) is 1. The van der Waals surface area contributed by atoms with Gasteiger partial charge in [0.15, 0.2) is 0 Å². The first-order valence-electron chi connectivity index (χ1n) is 7.59. The fraction of sp³-hybridized carbons (Fsp3) is 0.933. The van der Waals surface area contributed by atoms with Crippen molar-refractivity contribution in [2.45, 2.75) is 64.5 Å². The molecule has 4 nitrogen and oxygen atoms in total. The van der Waals surface area contributed by atoms with Crippen LogP contribution >= 0.6 is 0 Å². The van der Waals surface area contributed by atoms with E-state index in [0.717, 1.165) is 32.1 Å². The molecular formula is C15H29AcN2O2-. The first kappa shape index (κ1) is 20.8. The van der Waals surface area contributed by atoms with Crippen molar-refractivity contribution in [2.75, 3.05) is 7.11 Å². The van der Waals surface area contributed by atoms with E-state index in [0.29, 0.717) is 12.3 Å². The molecule has 1 fully saturated rings. The van der Waals surface area contributed by atoms with Gasteiger partial charge in [-0.3, -0.25) is 4.79 Å². The molecular weight excluding hydrogens is 467 g/mol. The van der Waals surface area contributed by atoms with Crippen LogP contribution in [-0.2, 0) is 9.53 Å². The topological polar surface area (TPSA) is 76.1 Å². The predicted octanol–water partition coefficient (Wildman–Crippen LogP) is 3.15. The van der Waals surface area contributed by atoms with Crippen LogP contribution in [0, 0.1) is 61.8 Å². The van der Waals surface area contributed by atoms with E-state index in [-0.39, 0.29) is 74.0 Å². The third-order valence-corrected chi connectivity index (χ3v) is 4.49. The standard InChI is InChI=1S/C15H29N2O2.Ac/c1-4-6-10(7-5-2)14(17)12-8-11(9-13(12)16)15(18)19-3;/h10-14,17H,4-9,16H2,1-3H3;/q-1;/t11-,12-,13-,14?;/m1./s1. The number of hydrogen-bond acceptors (Lipinski definition) is 3. The summed E-state index contributed by atoms with van der Waals surface area (Å²) in [7, 11) is 1.43. The molecule has 3 N–H and O–H groups in total. The fourth-order valence-electron chi connectivity index (χ4n) is 3.47. The third-order valence-electron chi connectivity index (χ3n) is 4.49. The van der Waals surface area contributed by atoms with E-state index in [1.54, 1.807) is 0 Å². The monoisotopic (exact) mass is 496 g/mol. The SMILES string of the molecule is CCCC(CCC)C([NH-])[C@@H]1C[C@@H](C(=O)OC)C[C@H]1N.[Ac]. The van der Waals surface area contributed by atoms with Crippen LogP contribution in [-0.4, -0.2) is 25.2 Å². The molecule has 0 saturated heterocycles. The predicted molar refractivity (Wildman–Crippen MR) is 77.6 cm³/mol. The van der Waals surface area contributed by atoms with Crippen LogP contribution < -0.4 is 5.73 Å². The van der Waals surface area contributed by atoms with Gasteiger partial charge < -0.3 is 16.2 Å². The molecule has 0 aromatic heterocycles. The molecule has 1 aliphatic carbocycles. The fourth-order valence-corrected chi connectivity index (χ4v) is 3.47. The van der Waals surface area contributed by atoms with Gasteiger partial charge in [-0.2, -0.15) is 0 Å². The summed E-state index contributed by atoms with van der Waals surface area (Å²) in [6, 6.07) is -0.160. The van der Waals surface area contributed by atoms with Crippen LogP contribution in [0.25, 0.3) is 5.73 Å². The van der Waals surface area contributed by atoms with Crippen molar-refractivity contribution in [3.8, 4) is 0 Å². The van der Waals surface area contributed by atoms with Crippen molar-refractivity contribution in [3.63, 3.8) is 0 Å². The second-order valence-corrected chi connectivity index (χ2v) is 5.88. The Bertz CT molecular complexity index is 283. The number of rotatable bonds is 7. The minimum Gasteiger partial charge on any atom is -0.674 e. The van der Waals surface area contributed by atoms with Crippen LogP contribution in [0.5, 0.6) is 0 Å². The van der Waals surface area contributed by atoms with Gasteiger partial charge in [-0.25, -0.2) is 0 Å². The summed E-state index contributed by atoms with van der Waals surface area (Å²) in [5, 5.41) is 0. The zero-order valence-corrected chi connectivity index (χ0v) is 17.8. The molecule has 0 aromatic rings. The number of nitrogens with one attached hydrogen (secondary N) is 1. The van der Waals surface area contributed by atoms with Crippen molar-refractivity contribution in [2.24, 2.45) is 23.5 Å². The Morgan fingerprint density at radius 2 is 1.85 bits per heavy atom. The molecule has 5 heteroatoms. The largest absolute Gasteiger partial charge is 0.674 e. The third kappa shape index (κ3) is 5.55. The molecule has 0 amide bonds. The van der Waals surface area contributed by atoms with E-state index < -0.39 is 0 Å². The summed E-state index contributed by atoms with van der Waals surface area (Å²) >= 11 is 0. The first-order valence-corrected chi connectivity index (χ1v) is 7.59. The molecule has 1 saturated carbocycles. The average molecular weight is 496 g/mol. The summed E-state index contributed by atoms with van der Waals surface area (Å²) in [6.07, 6.45) is 5.82. The Morgan fingerprint density at radius 1 is 1.30 bits per heavy atom. The maximum Gasteiger partial charge on any atom is 0.308 e. The summed E-state index contributed by atoms with van der Waals surface area (Å²) in [5.41, 5.74) is 14.7. The molecule has 20 heavy (non-hydrogen) atoms. The Labute approximate surface area is 159 Å². The van der Waals surface area contributed by atoms with Gasteiger partial charge in [0.2, 0.25) is 0 Å². The van der Waals surface area contributed by atoms with E-state index in [2.05, 4.69) is 13.8 Å². The second kappa shape index (κ2) is 10.5. The van der Waals surface area contributed by atoms with Gasteiger partial charge in [0.1, 0.15) is 0 Å². The Balaban J connectivity index is 0.00000361. The number of nitrogens with two attached hydrogens (primary N) is 1. The molecule has 1 aliphatic rings. The zero-order valence-electron chi connectivity index (χ0n) is 13.1. The molecule has 115 valence electrons. The molecule has 0 spiro atoms. The van der Waals surface area contributed by atoms with Gasteiger partial charge in [0, 0.05) is 50.1 Å². The number of hydrogen-bond donors (Lipinski definition) is 1. The minimum absolute atomic E-state index is 0. The van der Waals surface area contributed by atoms with Crippen molar-refractivity contribution in [3.05, 3.63) is 5.73 Å². The number of methoxy groups -OCH3 is 1. The molecule has 1 radical (unpaired) electrons. The van der Waals surface area contributed by atoms with Crippen LogP contribution in [0.15, 0.2) is 0 Å². The number of carbonyl (C=O) groups excluding carboxylic acids is 1. The van der Waals surface area contributed by atoms with Gasteiger partial charge in [0.25, 0.3) is 0 Å². The van der Waals surface area contributed by atoms with Crippen molar-refractivity contribution in [1.29, 1.82) is 0 Å². The van der Waals surface area contributed by atoms with Crippen molar-refractivity contribution < 1.29 is 53.6 Å². The summed E-state index contributed by atoms with van der Waals surface area (Å²) < 4.78 is 4.81. The maximum atomic E-state index is 11.6. The quantitative estimate of drug-likeness (QED) is 0.551. The Morgan fingerprint density at radius 3 is 2.30 bits per heavy atom. The second-order valence-electron chi connectivity index (χ2n) is 5.88. The van der Waals surface area contributed by atoms with Crippen LogP contribution in [0.3, 0.4) is 0 Å². The van der Waals surface area contributed by atoms with Crippen molar-refractivity contribution in [1.82, 2.24) is 0 Å². The van der Waals surface area contributed by atoms with Gasteiger partial charge in [-0.1, -0.05) is 45.4 Å². The van der Waals surface area contributed by atoms with E-state index in [4.69, 9.17) is 16.2 Å². The van der Waals surface area contributed by atoms with Gasteiger partial charge in [-0.15, -0.1) is 6.04 Å². The summed E-state index contributed by atoms with van der Waals surface area (Å²) in [6.45, 7) is 4.34. The molecule has 1 rings (SSSR count). The van der Waals surface area contributed by atoms with E-state index in [9.17, 15) is 4.79 Å². The van der Waals surface area contributed by atoms with Gasteiger partial charge >= 0.3 is 5.97 Å². The molecule has 4 atom stereocenters. The van der Waals surface area contributed by atoms with Gasteiger partial charge in [-0.05, 0) is 18.8 Å². The van der Waals surface area contributed by atoms with Crippen LogP contribution in [0.1, 0.15) is 52.4 Å². The minimum atomic E-state index is -0.160. The molecule has 0 aliphatic heterocycles. The Hall–Kier alpha value is 0.832. The average Bonchev–Trinajstić information content (AvgIpc) is 2.79. The van der Waals surface area contributed by atoms with Gasteiger partial charge in [0.05, 0.1) is 13.0 Å². The smallest absolute Gasteiger partial charge is 0.308 e. The van der Waals surface area contributed by atoms with Crippen LogP contribution in [0.4, 0.5) is 0 Å². The zero-order chi connectivity index (χ0) is 14.4. The number of carbonyl (C=O) groups is 1.